The number of hydrogen-bond donors (Lipinski definition) is 1. The number of ether oxygens (including phenoxy) is 1. The minimum Gasteiger partial charge on any atom is -0.458 e. The average molecular weight is 282 g/mol. The van der Waals surface area contributed by atoms with Crippen LogP contribution in [0.4, 0.5) is 5.69 Å². The molecule has 3 nitrogen and oxygen atoms in total. The number of hydrogen-bond acceptors (Lipinski definition) is 3. The normalized spacial score (nSPS) is 23.1. The van der Waals surface area contributed by atoms with Crippen molar-refractivity contribution in [2.75, 3.05) is 5.73 Å². The van der Waals surface area contributed by atoms with Gasteiger partial charge in [0.1, 0.15) is 6.10 Å². The van der Waals surface area contributed by atoms with Crippen molar-refractivity contribution in [3.8, 4) is 0 Å². The Morgan fingerprint density at radius 1 is 1.42 bits per heavy atom. The summed E-state index contributed by atoms with van der Waals surface area (Å²) in [6, 6.07) is 4.88. The standard InChI is InChI=1S/C15H20ClNO2/c1-2-10-5-3-4-6-14(10)19-15(18)12-9-11(16)7-8-13(12)17/h7-10,14H,2-6,17H2,1H3. The number of carbonyl (C=O) groups excluding carboxylic acids is 1. The average Bonchev–Trinajstić information content (AvgIpc) is 2.42. The zero-order valence-corrected chi connectivity index (χ0v) is 12.0. The first-order chi connectivity index (χ1) is 9.11. The number of esters is 1. The van der Waals surface area contributed by atoms with Crippen LogP contribution >= 0.6 is 11.6 Å². The van der Waals surface area contributed by atoms with E-state index in [1.165, 1.54) is 6.42 Å². The summed E-state index contributed by atoms with van der Waals surface area (Å²) in [5, 5.41) is 0.497. The number of rotatable bonds is 3. The molecule has 1 saturated carbocycles. The van der Waals surface area contributed by atoms with Gasteiger partial charge in [-0.25, -0.2) is 4.79 Å². The summed E-state index contributed by atoms with van der Waals surface area (Å²) in [4.78, 5) is 12.2. The largest absolute Gasteiger partial charge is 0.458 e. The van der Waals surface area contributed by atoms with Gasteiger partial charge in [-0.1, -0.05) is 24.9 Å². The first kappa shape index (κ1) is 14.2. The van der Waals surface area contributed by atoms with Gasteiger partial charge in [0.15, 0.2) is 0 Å². The molecule has 0 amide bonds. The zero-order valence-electron chi connectivity index (χ0n) is 11.2. The summed E-state index contributed by atoms with van der Waals surface area (Å²) in [5.41, 5.74) is 6.59. The van der Waals surface area contributed by atoms with Gasteiger partial charge >= 0.3 is 5.97 Å². The third kappa shape index (κ3) is 3.41. The van der Waals surface area contributed by atoms with Crippen LogP contribution in [0.2, 0.25) is 5.02 Å². The molecule has 2 N–H and O–H groups in total. The zero-order chi connectivity index (χ0) is 13.8. The van der Waals surface area contributed by atoms with Gasteiger partial charge in [0.05, 0.1) is 5.56 Å². The molecule has 1 aliphatic rings. The Kier molecular flexibility index (Phi) is 4.70. The molecule has 1 aromatic carbocycles. The van der Waals surface area contributed by atoms with E-state index in [9.17, 15) is 4.79 Å². The monoisotopic (exact) mass is 281 g/mol. The number of carbonyl (C=O) groups is 1. The lowest BCUT2D eigenvalue weighted by Gasteiger charge is -2.30. The molecule has 0 aromatic heterocycles. The molecule has 0 spiro atoms. The molecule has 4 heteroatoms. The summed E-state index contributed by atoms with van der Waals surface area (Å²) in [6.07, 6.45) is 5.50. The number of anilines is 1. The molecular formula is C15H20ClNO2. The van der Waals surface area contributed by atoms with Gasteiger partial charge < -0.3 is 10.5 Å². The van der Waals surface area contributed by atoms with Crippen molar-refractivity contribution in [3.05, 3.63) is 28.8 Å². The Morgan fingerprint density at radius 2 is 2.16 bits per heavy atom. The van der Waals surface area contributed by atoms with Crippen LogP contribution in [0.25, 0.3) is 0 Å². The molecule has 2 atom stereocenters. The van der Waals surface area contributed by atoms with Crippen molar-refractivity contribution < 1.29 is 9.53 Å². The summed E-state index contributed by atoms with van der Waals surface area (Å²) >= 11 is 5.90. The third-order valence-electron chi connectivity index (χ3n) is 3.86. The Labute approximate surface area is 119 Å². The Morgan fingerprint density at radius 3 is 2.89 bits per heavy atom. The third-order valence-corrected chi connectivity index (χ3v) is 4.09. The molecule has 1 aromatic rings. The quantitative estimate of drug-likeness (QED) is 0.672. The highest BCUT2D eigenvalue weighted by molar-refractivity contribution is 6.31. The van der Waals surface area contributed by atoms with Crippen molar-refractivity contribution in [1.82, 2.24) is 0 Å². The molecule has 0 radical (unpaired) electrons. The van der Waals surface area contributed by atoms with Crippen LogP contribution in [0.3, 0.4) is 0 Å². The van der Waals surface area contributed by atoms with Crippen LogP contribution in [0.15, 0.2) is 18.2 Å². The highest BCUT2D eigenvalue weighted by Gasteiger charge is 2.27. The maximum Gasteiger partial charge on any atom is 0.340 e. The second-order valence-corrected chi connectivity index (χ2v) is 5.56. The summed E-state index contributed by atoms with van der Waals surface area (Å²) in [5.74, 6) is 0.114. The van der Waals surface area contributed by atoms with Crippen LogP contribution in [-0.2, 0) is 4.74 Å². The van der Waals surface area contributed by atoms with Crippen LogP contribution in [0.5, 0.6) is 0 Å². The van der Waals surface area contributed by atoms with Gasteiger partial charge in [-0.15, -0.1) is 0 Å². The van der Waals surface area contributed by atoms with Crippen LogP contribution < -0.4 is 5.73 Å². The topological polar surface area (TPSA) is 52.3 Å². The fraction of sp³-hybridized carbons (Fsp3) is 0.533. The molecule has 19 heavy (non-hydrogen) atoms. The van der Waals surface area contributed by atoms with Crippen molar-refractivity contribution in [2.45, 2.75) is 45.1 Å². The van der Waals surface area contributed by atoms with Crippen LogP contribution in [-0.4, -0.2) is 12.1 Å². The fourth-order valence-electron chi connectivity index (χ4n) is 2.70. The molecule has 0 aliphatic heterocycles. The van der Waals surface area contributed by atoms with Gasteiger partial charge in [-0.3, -0.25) is 0 Å². The lowest BCUT2D eigenvalue weighted by Crippen LogP contribution is -2.30. The predicted molar refractivity (Wildman–Crippen MR) is 77.3 cm³/mol. The van der Waals surface area contributed by atoms with Crippen LogP contribution in [0, 0.1) is 5.92 Å². The molecule has 1 fully saturated rings. The van der Waals surface area contributed by atoms with E-state index in [1.807, 2.05) is 0 Å². The highest BCUT2D eigenvalue weighted by Crippen LogP contribution is 2.30. The first-order valence-electron chi connectivity index (χ1n) is 6.87. The number of nitrogens with two attached hydrogens (primary N) is 1. The van der Waals surface area contributed by atoms with Crippen molar-refractivity contribution >= 4 is 23.3 Å². The minimum atomic E-state index is -0.356. The second kappa shape index (κ2) is 6.29. The van der Waals surface area contributed by atoms with E-state index in [2.05, 4.69) is 6.92 Å². The second-order valence-electron chi connectivity index (χ2n) is 5.13. The SMILES string of the molecule is CCC1CCCCC1OC(=O)c1cc(Cl)ccc1N. The van der Waals surface area contributed by atoms with Gasteiger partial charge in [-0.05, 0) is 49.8 Å². The van der Waals surface area contributed by atoms with Gasteiger partial charge in [-0.2, -0.15) is 0 Å². The maximum absolute atomic E-state index is 12.2. The van der Waals surface area contributed by atoms with E-state index in [-0.39, 0.29) is 12.1 Å². The maximum atomic E-state index is 12.2. The van der Waals surface area contributed by atoms with Crippen LogP contribution in [0.1, 0.15) is 49.4 Å². The van der Waals surface area contributed by atoms with Gasteiger partial charge in [0.25, 0.3) is 0 Å². The van der Waals surface area contributed by atoms with E-state index >= 15 is 0 Å². The number of benzene rings is 1. The molecule has 2 rings (SSSR count). The van der Waals surface area contributed by atoms with E-state index in [1.54, 1.807) is 18.2 Å². The van der Waals surface area contributed by atoms with Crippen molar-refractivity contribution in [1.29, 1.82) is 0 Å². The molecule has 0 bridgehead atoms. The fourth-order valence-corrected chi connectivity index (χ4v) is 2.87. The summed E-state index contributed by atoms with van der Waals surface area (Å²) in [6.45, 7) is 2.14. The van der Waals surface area contributed by atoms with E-state index in [4.69, 9.17) is 22.1 Å². The van der Waals surface area contributed by atoms with Crippen molar-refractivity contribution in [3.63, 3.8) is 0 Å². The highest BCUT2D eigenvalue weighted by atomic mass is 35.5. The number of nitrogen functional groups attached to an aromatic ring is 1. The minimum absolute atomic E-state index is 0.0182. The Bertz CT molecular complexity index is 461. The molecular weight excluding hydrogens is 262 g/mol. The van der Waals surface area contributed by atoms with E-state index < -0.39 is 0 Å². The Hall–Kier alpha value is -1.22. The molecule has 0 saturated heterocycles. The molecule has 2 unspecified atom stereocenters. The first-order valence-corrected chi connectivity index (χ1v) is 7.25. The number of halogens is 1. The molecule has 1 aliphatic carbocycles. The van der Waals surface area contributed by atoms with Crippen molar-refractivity contribution in [2.24, 2.45) is 5.92 Å². The smallest absolute Gasteiger partial charge is 0.340 e. The lowest BCUT2D eigenvalue weighted by atomic mass is 9.85. The lowest BCUT2D eigenvalue weighted by molar-refractivity contribution is 0.000821. The molecule has 104 valence electrons. The van der Waals surface area contributed by atoms with E-state index in [0.29, 0.717) is 22.2 Å². The van der Waals surface area contributed by atoms with E-state index in [0.717, 1.165) is 25.7 Å². The predicted octanol–water partition coefficient (Wildman–Crippen LogP) is 4.05. The summed E-state index contributed by atoms with van der Waals surface area (Å²) in [7, 11) is 0. The summed E-state index contributed by atoms with van der Waals surface area (Å²) < 4.78 is 5.64. The van der Waals surface area contributed by atoms with Gasteiger partial charge in [0, 0.05) is 10.7 Å². The molecule has 0 heterocycles. The van der Waals surface area contributed by atoms with Gasteiger partial charge in [0.2, 0.25) is 0 Å². The Balaban J connectivity index is 2.09.